The fraction of sp³-hybridized carbons (Fsp3) is 0.640. The SMILES string of the molecule is CC1CCCN1CCc1ccc(C2=CCCC3CN(C(=O)C4CC4)CC23)cc1. The lowest BCUT2D eigenvalue weighted by Crippen LogP contribution is -2.30. The lowest BCUT2D eigenvalue weighted by Gasteiger charge is -2.26. The topological polar surface area (TPSA) is 23.6 Å². The molecule has 150 valence electrons. The zero-order valence-electron chi connectivity index (χ0n) is 17.3. The van der Waals surface area contributed by atoms with Crippen LogP contribution in [-0.2, 0) is 11.2 Å². The number of carbonyl (C=O) groups is 1. The van der Waals surface area contributed by atoms with Crippen LogP contribution in [-0.4, -0.2) is 47.9 Å². The summed E-state index contributed by atoms with van der Waals surface area (Å²) in [5.41, 5.74) is 4.34. The highest BCUT2D eigenvalue weighted by molar-refractivity contribution is 5.82. The van der Waals surface area contributed by atoms with Crippen molar-refractivity contribution in [2.75, 3.05) is 26.2 Å². The third-order valence-electron chi connectivity index (χ3n) is 7.65. The number of fused-ring (bicyclic) bond motifs is 1. The number of nitrogens with zero attached hydrogens (tertiary/aromatic N) is 2. The van der Waals surface area contributed by atoms with Crippen LogP contribution in [0.1, 0.15) is 56.6 Å². The number of hydrogen-bond donors (Lipinski definition) is 0. The molecule has 0 spiro atoms. The molecular formula is C25H34N2O. The molecule has 2 heterocycles. The Morgan fingerprint density at radius 1 is 1.07 bits per heavy atom. The molecule has 1 aromatic rings. The average molecular weight is 379 g/mol. The highest BCUT2D eigenvalue weighted by Gasteiger charge is 2.42. The van der Waals surface area contributed by atoms with E-state index in [2.05, 4.69) is 47.1 Å². The van der Waals surface area contributed by atoms with E-state index in [-0.39, 0.29) is 0 Å². The van der Waals surface area contributed by atoms with Gasteiger partial charge in [0, 0.05) is 37.5 Å². The first-order valence-electron chi connectivity index (χ1n) is 11.5. The van der Waals surface area contributed by atoms with Gasteiger partial charge in [-0.3, -0.25) is 4.79 Å². The van der Waals surface area contributed by atoms with E-state index in [1.807, 2.05) is 0 Å². The van der Waals surface area contributed by atoms with E-state index in [0.29, 0.717) is 23.7 Å². The zero-order valence-corrected chi connectivity index (χ0v) is 17.3. The number of carbonyl (C=O) groups excluding carboxylic acids is 1. The van der Waals surface area contributed by atoms with Crippen molar-refractivity contribution in [2.45, 2.75) is 57.9 Å². The molecule has 3 nitrogen and oxygen atoms in total. The number of benzene rings is 1. The maximum atomic E-state index is 12.5. The minimum absolute atomic E-state index is 0.352. The van der Waals surface area contributed by atoms with Gasteiger partial charge in [0.05, 0.1) is 0 Å². The van der Waals surface area contributed by atoms with Gasteiger partial charge in [0.15, 0.2) is 0 Å². The first kappa shape index (κ1) is 18.4. The van der Waals surface area contributed by atoms with Crippen LogP contribution in [0, 0.1) is 17.8 Å². The molecule has 4 aliphatic rings. The Kier molecular flexibility index (Phi) is 5.04. The molecule has 0 N–H and O–H groups in total. The van der Waals surface area contributed by atoms with Crippen LogP contribution in [0.5, 0.6) is 0 Å². The third kappa shape index (κ3) is 3.66. The molecule has 0 aromatic heterocycles. The molecule has 2 saturated heterocycles. The Morgan fingerprint density at radius 2 is 1.89 bits per heavy atom. The predicted molar refractivity (Wildman–Crippen MR) is 114 cm³/mol. The Morgan fingerprint density at radius 3 is 2.61 bits per heavy atom. The predicted octanol–water partition coefficient (Wildman–Crippen LogP) is 4.38. The number of allylic oxidation sites excluding steroid dienone is 1. The average Bonchev–Trinajstić information content (AvgIpc) is 3.34. The summed E-state index contributed by atoms with van der Waals surface area (Å²) in [6.45, 7) is 6.75. The quantitative estimate of drug-likeness (QED) is 0.759. The molecule has 3 unspecified atom stereocenters. The number of rotatable bonds is 5. The summed E-state index contributed by atoms with van der Waals surface area (Å²) < 4.78 is 0. The van der Waals surface area contributed by atoms with Crippen molar-refractivity contribution in [3.05, 3.63) is 41.5 Å². The standard InChI is InChI=1S/C25H34N2O/c1-18-4-3-14-26(18)15-13-19-7-9-20(10-8-19)23-6-2-5-22-16-27(17-24(22)23)25(28)21-11-12-21/h6-10,18,21-22,24H,2-5,11-17H2,1H3. The fourth-order valence-corrected chi connectivity index (χ4v) is 5.68. The van der Waals surface area contributed by atoms with E-state index in [4.69, 9.17) is 0 Å². The summed E-state index contributed by atoms with van der Waals surface area (Å²) in [5, 5.41) is 0. The van der Waals surface area contributed by atoms with E-state index >= 15 is 0 Å². The van der Waals surface area contributed by atoms with Crippen LogP contribution in [0.3, 0.4) is 0 Å². The van der Waals surface area contributed by atoms with Crippen molar-refractivity contribution < 1.29 is 4.79 Å². The molecule has 1 amide bonds. The molecule has 5 rings (SSSR count). The summed E-state index contributed by atoms with van der Waals surface area (Å²) in [6, 6.07) is 10.1. The molecule has 28 heavy (non-hydrogen) atoms. The fourth-order valence-electron chi connectivity index (χ4n) is 5.68. The van der Waals surface area contributed by atoms with Gasteiger partial charge in [0.25, 0.3) is 0 Å². The minimum Gasteiger partial charge on any atom is -0.342 e. The monoisotopic (exact) mass is 378 g/mol. The van der Waals surface area contributed by atoms with Crippen molar-refractivity contribution in [1.29, 1.82) is 0 Å². The molecule has 3 heteroatoms. The molecule has 3 atom stereocenters. The van der Waals surface area contributed by atoms with Crippen molar-refractivity contribution in [2.24, 2.45) is 17.8 Å². The maximum Gasteiger partial charge on any atom is 0.225 e. The van der Waals surface area contributed by atoms with Crippen LogP contribution in [0.25, 0.3) is 5.57 Å². The first-order valence-corrected chi connectivity index (χ1v) is 11.5. The maximum absolute atomic E-state index is 12.5. The molecule has 1 saturated carbocycles. The molecule has 0 bridgehead atoms. The Labute approximate surface area is 169 Å². The van der Waals surface area contributed by atoms with E-state index in [1.165, 1.54) is 49.1 Å². The summed E-state index contributed by atoms with van der Waals surface area (Å²) in [4.78, 5) is 17.4. The first-order chi connectivity index (χ1) is 13.7. The van der Waals surface area contributed by atoms with Gasteiger partial charge in [0.2, 0.25) is 5.91 Å². The van der Waals surface area contributed by atoms with Gasteiger partial charge in [-0.2, -0.15) is 0 Å². The lowest BCUT2D eigenvalue weighted by molar-refractivity contribution is -0.131. The van der Waals surface area contributed by atoms with E-state index in [9.17, 15) is 4.79 Å². The highest BCUT2D eigenvalue weighted by Crippen LogP contribution is 2.43. The Bertz CT molecular complexity index is 748. The second kappa shape index (κ2) is 7.67. The van der Waals surface area contributed by atoms with Crippen molar-refractivity contribution >= 4 is 11.5 Å². The van der Waals surface area contributed by atoms with Crippen LogP contribution >= 0.6 is 0 Å². The highest BCUT2D eigenvalue weighted by atomic mass is 16.2. The Balaban J connectivity index is 1.24. The second-order valence-corrected chi connectivity index (χ2v) is 9.60. The van der Waals surface area contributed by atoms with Gasteiger partial charge in [-0.05, 0) is 81.0 Å². The smallest absolute Gasteiger partial charge is 0.225 e. The second-order valence-electron chi connectivity index (χ2n) is 9.60. The summed E-state index contributed by atoms with van der Waals surface area (Å²) >= 11 is 0. The van der Waals surface area contributed by atoms with Gasteiger partial charge in [-0.15, -0.1) is 0 Å². The third-order valence-corrected chi connectivity index (χ3v) is 7.65. The molecule has 0 radical (unpaired) electrons. The normalized spacial score (nSPS) is 30.4. The van der Waals surface area contributed by atoms with Gasteiger partial charge < -0.3 is 9.80 Å². The lowest BCUT2D eigenvalue weighted by atomic mass is 9.78. The number of amides is 1. The van der Waals surface area contributed by atoms with Crippen LogP contribution in [0.15, 0.2) is 30.3 Å². The summed E-state index contributed by atoms with van der Waals surface area (Å²) in [7, 11) is 0. The van der Waals surface area contributed by atoms with Crippen LogP contribution in [0.2, 0.25) is 0 Å². The van der Waals surface area contributed by atoms with Crippen molar-refractivity contribution in [3.8, 4) is 0 Å². The van der Waals surface area contributed by atoms with Gasteiger partial charge in [-0.25, -0.2) is 0 Å². The van der Waals surface area contributed by atoms with Gasteiger partial charge in [-0.1, -0.05) is 30.3 Å². The molecule has 3 fully saturated rings. The molecule has 1 aromatic carbocycles. The largest absolute Gasteiger partial charge is 0.342 e. The summed E-state index contributed by atoms with van der Waals surface area (Å²) in [6.07, 6.45) is 11.0. The minimum atomic E-state index is 0.352. The van der Waals surface area contributed by atoms with E-state index in [0.717, 1.165) is 44.8 Å². The molecule has 2 aliphatic heterocycles. The van der Waals surface area contributed by atoms with Crippen molar-refractivity contribution in [1.82, 2.24) is 9.80 Å². The number of hydrogen-bond acceptors (Lipinski definition) is 2. The van der Waals surface area contributed by atoms with Crippen LogP contribution in [0.4, 0.5) is 0 Å². The molecule has 2 aliphatic carbocycles. The van der Waals surface area contributed by atoms with Crippen LogP contribution < -0.4 is 0 Å². The summed E-state index contributed by atoms with van der Waals surface area (Å²) in [5.74, 6) is 2.00. The zero-order chi connectivity index (χ0) is 19.1. The van der Waals surface area contributed by atoms with Gasteiger partial charge >= 0.3 is 0 Å². The van der Waals surface area contributed by atoms with E-state index < -0.39 is 0 Å². The van der Waals surface area contributed by atoms with Crippen molar-refractivity contribution in [3.63, 3.8) is 0 Å². The number of likely N-dealkylation sites (tertiary alicyclic amines) is 2. The van der Waals surface area contributed by atoms with Gasteiger partial charge in [0.1, 0.15) is 0 Å². The Hall–Kier alpha value is -1.61. The molecular weight excluding hydrogens is 344 g/mol. The van der Waals surface area contributed by atoms with E-state index in [1.54, 1.807) is 0 Å².